The van der Waals surface area contributed by atoms with Crippen LogP contribution in [-0.4, -0.2) is 159 Å². The molecule has 15 heterocycles. The van der Waals surface area contributed by atoms with Crippen molar-refractivity contribution in [1.82, 2.24) is 115 Å². The van der Waals surface area contributed by atoms with Crippen molar-refractivity contribution in [3.63, 3.8) is 0 Å². The summed E-state index contributed by atoms with van der Waals surface area (Å²) in [6.45, 7) is 65.2. The Kier molecular flexibility index (Phi) is 74.9. The quantitative estimate of drug-likeness (QED) is 0.0472. The number of nitrogens with zero attached hydrogens (tertiary/aromatic N) is 20. The lowest BCUT2D eigenvalue weighted by molar-refractivity contribution is 0.206. The molecule has 0 bridgehead atoms. The van der Waals surface area contributed by atoms with Gasteiger partial charge in [0.1, 0.15) is 41.7 Å². The van der Waals surface area contributed by atoms with Gasteiger partial charge in [-0.2, -0.15) is 30.6 Å². The number of aromatic nitrogens is 21. The van der Waals surface area contributed by atoms with Crippen LogP contribution < -0.4 is 16.6 Å². The van der Waals surface area contributed by atoms with Crippen LogP contribution in [0.15, 0.2) is 220 Å². The highest BCUT2D eigenvalue weighted by Crippen LogP contribution is 2.18. The Bertz CT molecular complexity index is 4130. The van der Waals surface area contributed by atoms with Crippen molar-refractivity contribution in [2.75, 3.05) is 19.6 Å². The van der Waals surface area contributed by atoms with Crippen molar-refractivity contribution in [3.05, 3.63) is 263 Å². The molecular formula is C102H175N27O3S. The molecule has 12 aromatic heterocycles. The average molecular weight is 1860 g/mol. The van der Waals surface area contributed by atoms with Gasteiger partial charge in [-0.1, -0.05) is 222 Å². The van der Waals surface area contributed by atoms with Gasteiger partial charge < -0.3 is 35.3 Å². The second kappa shape index (κ2) is 76.8. The molecule has 1 saturated heterocycles. The Morgan fingerprint density at radius 2 is 0.947 bits per heavy atom. The van der Waals surface area contributed by atoms with Crippen molar-refractivity contribution in [1.29, 1.82) is 0 Å². The molecule has 0 radical (unpaired) electrons. The number of hydrogen-bond acceptors (Lipinski definition) is 22. The van der Waals surface area contributed by atoms with E-state index < -0.39 is 0 Å². The number of nitrogens with two attached hydrogens (primary N) is 1. The summed E-state index contributed by atoms with van der Waals surface area (Å²) in [6.07, 6.45) is 37.8. The lowest BCUT2D eigenvalue weighted by atomic mass is 10.1. The van der Waals surface area contributed by atoms with Crippen LogP contribution in [0.3, 0.4) is 0 Å². The molecule has 3 aliphatic rings. The lowest BCUT2D eigenvalue weighted by Crippen LogP contribution is -2.33. The molecule has 1 fully saturated rings. The van der Waals surface area contributed by atoms with Crippen LogP contribution in [0.2, 0.25) is 0 Å². The normalized spacial score (nSPS) is 11.5. The molecule has 30 nitrogen and oxygen atoms in total. The first-order valence-electron chi connectivity index (χ1n) is 44.6. The van der Waals surface area contributed by atoms with Crippen LogP contribution in [0.5, 0.6) is 0 Å². The second-order valence-corrected chi connectivity index (χ2v) is 34.8. The van der Waals surface area contributed by atoms with Crippen LogP contribution >= 0.6 is 11.3 Å². The fourth-order valence-electron chi connectivity index (χ4n) is 9.81. The lowest BCUT2D eigenvalue weighted by Gasteiger charge is -2.17. The minimum atomic E-state index is -0.0845. The monoisotopic (exact) mass is 1860 g/mol. The van der Waals surface area contributed by atoms with Gasteiger partial charge in [0.05, 0.1) is 16.9 Å². The summed E-state index contributed by atoms with van der Waals surface area (Å²) >= 11 is 1.72. The number of pyridine rings is 2. The van der Waals surface area contributed by atoms with Crippen molar-refractivity contribution >= 4 is 35.0 Å². The highest BCUT2D eigenvalue weighted by Gasteiger charge is 2.21. The molecule has 0 aliphatic carbocycles. The molecule has 2 amide bonds. The average Bonchev–Trinajstić information content (AvgIpc) is 1.73. The Morgan fingerprint density at radius 1 is 0.429 bits per heavy atom. The second-order valence-electron chi connectivity index (χ2n) is 33.8. The van der Waals surface area contributed by atoms with Crippen LogP contribution in [0.1, 0.15) is 386 Å². The van der Waals surface area contributed by atoms with E-state index in [1.165, 1.54) is 40.7 Å². The van der Waals surface area contributed by atoms with E-state index in [0.29, 0.717) is 89.8 Å². The summed E-state index contributed by atoms with van der Waals surface area (Å²) in [4.78, 5) is 77.0. The summed E-state index contributed by atoms with van der Waals surface area (Å²) in [6, 6.07) is 22.5. The molecule has 12 aromatic rings. The van der Waals surface area contributed by atoms with E-state index in [9.17, 15) is 9.59 Å². The third-order valence-electron chi connectivity index (χ3n) is 17.6. The molecule has 31 heteroatoms. The van der Waals surface area contributed by atoms with E-state index in [0.717, 1.165) is 78.0 Å². The number of rotatable bonds is 16. The first-order valence-corrected chi connectivity index (χ1v) is 45.5. The van der Waals surface area contributed by atoms with Gasteiger partial charge in [0.2, 0.25) is 0 Å². The molecule has 15 rings (SSSR count). The third kappa shape index (κ3) is 60.9. The van der Waals surface area contributed by atoms with Gasteiger partial charge in [-0.15, -0.1) is 11.3 Å². The minimum Gasteiger partial charge on any atom is -0.449 e. The maximum atomic E-state index is 10.8. The number of H-pyrrole nitrogens is 5. The first-order chi connectivity index (χ1) is 60.8. The number of hydrogen-bond donors (Lipinski definition) is 7. The third-order valence-corrected chi connectivity index (χ3v) is 18.7. The number of carbonyl (C=O) groups excluding carboxylic acids is 1. The highest BCUT2D eigenvalue weighted by molar-refractivity contribution is 7.09. The number of amides is 2. The molecule has 0 saturated carbocycles. The molecule has 0 aromatic carbocycles. The number of oxazole rings is 1. The number of imidazole rings is 2. The van der Waals surface area contributed by atoms with Gasteiger partial charge >= 0.3 is 6.03 Å². The summed E-state index contributed by atoms with van der Waals surface area (Å²) in [7, 11) is 0. The molecule has 0 spiro atoms. The maximum absolute atomic E-state index is 10.8. The van der Waals surface area contributed by atoms with Crippen molar-refractivity contribution in [2.45, 2.75) is 335 Å². The minimum absolute atomic E-state index is 0. The van der Waals surface area contributed by atoms with Crippen molar-refractivity contribution in [3.8, 4) is 0 Å². The summed E-state index contributed by atoms with van der Waals surface area (Å²) in [5.41, 5.74) is 12.4. The Balaban J connectivity index is -0.000000439. The van der Waals surface area contributed by atoms with Gasteiger partial charge in [-0.3, -0.25) is 39.3 Å². The number of urea groups is 1. The Morgan fingerprint density at radius 3 is 1.17 bits per heavy atom. The van der Waals surface area contributed by atoms with E-state index in [2.05, 4.69) is 288 Å². The Hall–Kier alpha value is -11.7. The zero-order valence-electron chi connectivity index (χ0n) is 82.3. The van der Waals surface area contributed by atoms with Crippen LogP contribution in [-0.2, 0) is 0 Å². The predicted molar refractivity (Wildman–Crippen MR) is 561 cm³/mol. The molecular weight excluding hydrogens is 1680 g/mol. The largest absolute Gasteiger partial charge is 0.449 e. The topological polar surface area (TPSA) is 395 Å². The molecule has 0 atom stereocenters. The van der Waals surface area contributed by atoms with Gasteiger partial charge in [0, 0.05) is 231 Å². The number of nitrogens with one attached hydrogen (secondary N) is 6. The van der Waals surface area contributed by atoms with Crippen LogP contribution in [0, 0.1) is 11.8 Å². The first kappa shape index (κ1) is 130. The molecule has 8 N–H and O–H groups in total. The SMILES string of the molecule is C.C.C.C.C.CC(C)C1=NC(CN)=CC1.CC(C)C1=NN=CC1.CC(C)N1CCNC1=O.CC(C)c1ccccn1.CC(C)c1ccccn1.CC(C)c1ccn[nH]1.CC(C)c1ncc[nH]1.CC(C)c1ncc[nH]1.CC(C)c1nccc(=O)[nH]1.CC(C)c1ncccn1.CC(C)c1ncco1.CC(C)c1nccs1.CC(C)c1ncn[nH]1.CC(C)n1cccn1.CC(C)n1cccn1. The van der Waals surface area contributed by atoms with E-state index in [1.807, 2.05) is 171 Å². The number of carbonyl (C=O) groups is 1. The fourth-order valence-corrected chi connectivity index (χ4v) is 10.5. The highest BCUT2D eigenvalue weighted by atomic mass is 32.1. The smallest absolute Gasteiger partial charge is 0.317 e. The molecule has 742 valence electrons. The number of thiazole rings is 1. The van der Waals surface area contributed by atoms with Gasteiger partial charge in [0.15, 0.2) is 5.89 Å². The summed E-state index contributed by atoms with van der Waals surface area (Å²) in [5, 5.41) is 34.9. The molecule has 0 unspecified atom stereocenters. The van der Waals surface area contributed by atoms with Gasteiger partial charge in [0.25, 0.3) is 5.56 Å². The van der Waals surface area contributed by atoms with E-state index in [-0.39, 0.29) is 54.6 Å². The zero-order valence-corrected chi connectivity index (χ0v) is 83.1. The van der Waals surface area contributed by atoms with Crippen molar-refractivity contribution in [2.24, 2.45) is 32.8 Å². The fraction of sp³-hybridized carbons (Fsp3) is 0.539. The number of aromatic amines is 5. The van der Waals surface area contributed by atoms with Crippen molar-refractivity contribution < 1.29 is 9.21 Å². The van der Waals surface area contributed by atoms with Crippen LogP contribution in [0.25, 0.3) is 0 Å². The maximum Gasteiger partial charge on any atom is 0.317 e. The molecule has 133 heavy (non-hydrogen) atoms. The molecule has 3 aliphatic heterocycles. The van der Waals surface area contributed by atoms with Gasteiger partial charge in [-0.05, 0) is 120 Å². The number of aliphatic imine (C=N–C) groups is 1. The van der Waals surface area contributed by atoms with E-state index in [4.69, 9.17) is 10.2 Å². The standard InChI is InChI=1S/C8H14N2.2C8H11N.C7H10N2O.C7H10N2.C6H12N2O.6C6H10N2.C6H9NO.C6H9NS.C5H9N3.5CH4/c1-6(2)8-4-3-7(5-9)10-8;2*1-7(2)8-5-3-4-6-9-8;1-5(2)7-8-4-3-6(10)9-7;1-6(2)7-8-4-3-5-9-7;1-5(2)8-4-3-7-6(8)9;2*1-6(2)8-5-3-4-7-8;2*1-5(2)6-7-3-4-8-6;2*1-5(2)6-3-4-7-8-6;2*1-5(2)6-7-3-4-8-6;1-4(2)5-6-3-7-8-5;;;;;/h3,6H,4-5,9H2,1-2H3;2*3-7H,1-2H3;3-5H,1-2H3,(H,8,9,10);3-6H,1-2H3;5H,3-4H2,1-2H3,(H,7,9);2*3-6H,1-2H3;2*3-5H,1-2H3,(H,7,8);4-5H,3H2,1-2H3;3-5H,1-2H3,(H,7,8);2*3-5H,1-2H3;3-4H,1-2H3,(H,6,7,8);5*1H4. The van der Waals surface area contributed by atoms with E-state index in [1.54, 1.807) is 67.2 Å². The van der Waals surface area contributed by atoms with Gasteiger partial charge in [-0.25, -0.2) is 44.7 Å². The summed E-state index contributed by atoms with van der Waals surface area (Å²) < 4.78 is 8.82. The van der Waals surface area contributed by atoms with E-state index >= 15 is 0 Å². The summed E-state index contributed by atoms with van der Waals surface area (Å²) in [5.74, 6) is 11.6. The predicted octanol–water partition coefficient (Wildman–Crippen LogP) is 25.8. The zero-order chi connectivity index (χ0) is 95.9. The van der Waals surface area contributed by atoms with Crippen LogP contribution in [0.4, 0.5) is 4.79 Å². The Labute approximate surface area is 805 Å². The number of allylic oxidation sites excluding steroid dienone is 1.